The minimum absolute atomic E-state index is 0.0219. The molecule has 5 nitrogen and oxygen atoms in total. The Morgan fingerprint density at radius 2 is 2.12 bits per heavy atom. The maximum Gasteiger partial charge on any atom is 0.240 e. The third-order valence-corrected chi connectivity index (χ3v) is 7.07. The number of nitrogens with one attached hydrogen (secondary N) is 1. The predicted molar refractivity (Wildman–Crippen MR) is 101 cm³/mol. The number of anilines is 1. The zero-order chi connectivity index (χ0) is 18.2. The van der Waals surface area contributed by atoms with E-state index in [1.165, 1.54) is 17.4 Å². The van der Waals surface area contributed by atoms with Crippen molar-refractivity contribution in [2.24, 2.45) is 0 Å². The molecule has 1 amide bonds. The molecule has 1 N–H and O–H groups in total. The van der Waals surface area contributed by atoms with Crippen LogP contribution in [0.2, 0.25) is 0 Å². The van der Waals surface area contributed by atoms with Gasteiger partial charge in [-0.2, -0.15) is 0 Å². The molecule has 1 unspecified atom stereocenters. The van der Waals surface area contributed by atoms with Gasteiger partial charge in [-0.3, -0.25) is 4.79 Å². The Hall–Kier alpha value is -1.70. The molecule has 0 bridgehead atoms. The van der Waals surface area contributed by atoms with E-state index in [0.717, 1.165) is 11.3 Å². The highest BCUT2D eigenvalue weighted by atomic mass is 32.2. The van der Waals surface area contributed by atoms with Crippen LogP contribution in [0.4, 0.5) is 5.69 Å². The van der Waals surface area contributed by atoms with E-state index in [1.807, 2.05) is 25.3 Å². The maximum absolute atomic E-state index is 12.6. The molecule has 134 valence electrons. The third-order valence-electron chi connectivity index (χ3n) is 4.53. The molecule has 1 aliphatic rings. The van der Waals surface area contributed by atoms with Crippen LogP contribution < -0.4 is 9.62 Å². The van der Waals surface area contributed by atoms with Gasteiger partial charge in [-0.05, 0) is 67.5 Å². The zero-order valence-corrected chi connectivity index (χ0v) is 16.2. The summed E-state index contributed by atoms with van der Waals surface area (Å²) in [5.74, 6) is -0.0219. The van der Waals surface area contributed by atoms with Gasteiger partial charge in [0, 0.05) is 30.1 Å². The first kappa shape index (κ1) is 18.1. The molecular weight excluding hydrogens is 356 g/mol. The summed E-state index contributed by atoms with van der Waals surface area (Å²) in [6, 6.07) is 7.09. The van der Waals surface area contributed by atoms with Crippen molar-refractivity contribution in [3.8, 4) is 0 Å². The number of hydrogen-bond donors (Lipinski definition) is 1. The molecule has 1 aromatic heterocycles. The van der Waals surface area contributed by atoms with Gasteiger partial charge in [0.15, 0.2) is 0 Å². The van der Waals surface area contributed by atoms with Crippen LogP contribution in [0.25, 0.3) is 0 Å². The van der Waals surface area contributed by atoms with Crippen LogP contribution in [-0.2, 0) is 27.7 Å². The van der Waals surface area contributed by atoms with Gasteiger partial charge in [-0.1, -0.05) is 0 Å². The number of carbonyl (C=O) groups excluding carboxylic acids is 1. The highest BCUT2D eigenvalue weighted by Gasteiger charge is 2.30. The number of fused-ring (bicyclic) bond motifs is 1. The van der Waals surface area contributed by atoms with Crippen molar-refractivity contribution in [3.63, 3.8) is 0 Å². The number of carbonyl (C=O) groups is 1. The fourth-order valence-electron chi connectivity index (χ4n) is 3.30. The third kappa shape index (κ3) is 3.63. The van der Waals surface area contributed by atoms with E-state index in [-0.39, 0.29) is 16.8 Å². The van der Waals surface area contributed by atoms with Crippen LogP contribution in [0.3, 0.4) is 0 Å². The molecule has 1 atom stereocenters. The van der Waals surface area contributed by atoms with Crippen LogP contribution in [0.1, 0.15) is 29.9 Å². The van der Waals surface area contributed by atoms with Gasteiger partial charge in [-0.25, -0.2) is 13.1 Å². The lowest BCUT2D eigenvalue weighted by molar-refractivity contribution is -0.116. The minimum Gasteiger partial charge on any atom is -0.309 e. The van der Waals surface area contributed by atoms with E-state index in [0.29, 0.717) is 19.4 Å². The van der Waals surface area contributed by atoms with Crippen LogP contribution in [0, 0.1) is 6.92 Å². The normalized spacial score (nSPS) is 16.9. The predicted octanol–water partition coefficient (Wildman–Crippen LogP) is 2.88. The zero-order valence-electron chi connectivity index (χ0n) is 14.6. The van der Waals surface area contributed by atoms with Crippen LogP contribution in [0.15, 0.2) is 34.5 Å². The van der Waals surface area contributed by atoms with Crippen molar-refractivity contribution >= 4 is 33.0 Å². The van der Waals surface area contributed by atoms with Gasteiger partial charge in [0.05, 0.1) is 4.90 Å². The van der Waals surface area contributed by atoms with Crippen molar-refractivity contribution in [3.05, 3.63) is 45.6 Å². The summed E-state index contributed by atoms with van der Waals surface area (Å²) in [6.45, 7) is 5.90. The molecule has 25 heavy (non-hydrogen) atoms. The lowest BCUT2D eigenvalue weighted by atomic mass is 10.1. The summed E-state index contributed by atoms with van der Waals surface area (Å²) >= 11 is 1.64. The van der Waals surface area contributed by atoms with E-state index in [2.05, 4.69) is 4.72 Å². The number of nitrogens with zero attached hydrogens (tertiary/aromatic N) is 1. The number of benzene rings is 1. The first-order valence-corrected chi connectivity index (χ1v) is 10.6. The fourth-order valence-corrected chi connectivity index (χ4v) is 5.29. The molecule has 0 saturated carbocycles. The van der Waals surface area contributed by atoms with Crippen LogP contribution >= 0.6 is 11.3 Å². The minimum atomic E-state index is -3.55. The van der Waals surface area contributed by atoms with E-state index in [9.17, 15) is 13.2 Å². The Kier molecular flexibility index (Phi) is 4.99. The summed E-state index contributed by atoms with van der Waals surface area (Å²) in [5.41, 5.74) is 2.91. The molecule has 0 spiro atoms. The van der Waals surface area contributed by atoms with Crippen molar-refractivity contribution in [1.82, 2.24) is 4.72 Å². The first-order valence-electron chi connectivity index (χ1n) is 8.25. The lowest BCUT2D eigenvalue weighted by Gasteiger charge is -2.20. The average molecular weight is 379 g/mol. The van der Waals surface area contributed by atoms with Crippen LogP contribution in [0.5, 0.6) is 0 Å². The molecule has 0 fully saturated rings. The van der Waals surface area contributed by atoms with Crippen molar-refractivity contribution < 1.29 is 13.2 Å². The summed E-state index contributed by atoms with van der Waals surface area (Å²) in [6.07, 6.45) is 1.36. The molecule has 0 saturated heterocycles. The molecule has 1 aliphatic heterocycles. The second-order valence-electron chi connectivity index (χ2n) is 6.41. The van der Waals surface area contributed by atoms with E-state index in [4.69, 9.17) is 0 Å². The van der Waals surface area contributed by atoms with Gasteiger partial charge in [0.1, 0.15) is 0 Å². The van der Waals surface area contributed by atoms with Crippen LogP contribution in [-0.4, -0.2) is 26.9 Å². The fraction of sp³-hybridized carbons (Fsp3) is 0.389. The van der Waals surface area contributed by atoms with Gasteiger partial charge in [0.2, 0.25) is 15.9 Å². The van der Waals surface area contributed by atoms with E-state index in [1.54, 1.807) is 34.4 Å². The number of thiophene rings is 1. The number of hydrogen-bond acceptors (Lipinski definition) is 4. The second kappa shape index (κ2) is 6.90. The molecule has 0 aliphatic carbocycles. The Bertz CT molecular complexity index is 903. The van der Waals surface area contributed by atoms with Crippen molar-refractivity contribution in [2.75, 3.05) is 11.4 Å². The van der Waals surface area contributed by atoms with Gasteiger partial charge in [0.25, 0.3) is 0 Å². The molecule has 2 aromatic rings. The number of aryl methyl sites for hydroxylation is 1. The molecule has 7 heteroatoms. The number of rotatable bonds is 5. The molecule has 3 rings (SSSR count). The Labute approximate surface area is 152 Å². The summed E-state index contributed by atoms with van der Waals surface area (Å²) < 4.78 is 27.8. The average Bonchev–Trinajstić information content (AvgIpc) is 3.08. The quantitative estimate of drug-likeness (QED) is 0.870. The monoisotopic (exact) mass is 378 g/mol. The van der Waals surface area contributed by atoms with Crippen molar-refractivity contribution in [2.45, 2.75) is 44.6 Å². The lowest BCUT2D eigenvalue weighted by Crippen LogP contribution is -2.33. The second-order valence-corrected chi connectivity index (χ2v) is 9.17. The SMILES string of the molecule is CC(=O)N1c2ccc(S(=O)(=O)NCCc3sccc3C)cc2CC1C. The molecule has 0 radical (unpaired) electrons. The van der Waals surface area contributed by atoms with Gasteiger partial charge >= 0.3 is 0 Å². The largest absolute Gasteiger partial charge is 0.309 e. The molecule has 2 heterocycles. The number of amides is 1. The Balaban J connectivity index is 1.74. The van der Waals surface area contributed by atoms with E-state index < -0.39 is 10.0 Å². The first-order chi connectivity index (χ1) is 11.8. The standard InChI is InChI=1S/C18H22N2O3S2/c1-12-7-9-24-18(12)6-8-19-25(22,23)16-4-5-17-15(11-16)10-13(2)20(17)14(3)21/h4-5,7,9,11,13,19H,6,8,10H2,1-3H3. The molecular formula is C18H22N2O3S2. The number of sulfonamides is 1. The summed E-state index contributed by atoms with van der Waals surface area (Å²) in [4.78, 5) is 15.0. The highest BCUT2D eigenvalue weighted by Crippen LogP contribution is 2.33. The smallest absolute Gasteiger partial charge is 0.240 e. The topological polar surface area (TPSA) is 66.5 Å². The van der Waals surface area contributed by atoms with Gasteiger partial charge in [-0.15, -0.1) is 11.3 Å². The summed E-state index contributed by atoms with van der Waals surface area (Å²) in [7, 11) is -3.55. The summed E-state index contributed by atoms with van der Waals surface area (Å²) in [5, 5.41) is 2.02. The van der Waals surface area contributed by atoms with Gasteiger partial charge < -0.3 is 4.90 Å². The van der Waals surface area contributed by atoms with Crippen molar-refractivity contribution in [1.29, 1.82) is 0 Å². The highest BCUT2D eigenvalue weighted by molar-refractivity contribution is 7.89. The molecule has 1 aromatic carbocycles. The maximum atomic E-state index is 12.6. The Morgan fingerprint density at radius 1 is 1.36 bits per heavy atom. The Morgan fingerprint density at radius 3 is 2.76 bits per heavy atom. The van der Waals surface area contributed by atoms with E-state index >= 15 is 0 Å².